The van der Waals surface area contributed by atoms with Gasteiger partial charge in [-0.25, -0.2) is 9.82 Å². The van der Waals surface area contributed by atoms with Gasteiger partial charge in [-0.15, -0.1) is 0 Å². The SMILES string of the molecule is C/C(=N/NC(=O)c1ccc(CSCc2ccccc2)cc1)c1ccc2c(c1)[C@@H]1C=CC[C@@H]1[C@H](c1ccc(F)cc1)N2. The van der Waals surface area contributed by atoms with Crippen LogP contribution in [0, 0.1) is 11.7 Å². The van der Waals surface area contributed by atoms with Gasteiger partial charge >= 0.3 is 0 Å². The second-order valence-corrected chi connectivity index (χ2v) is 11.6. The first kappa shape index (κ1) is 27.0. The molecule has 6 rings (SSSR count). The molecule has 0 radical (unpaired) electrons. The fourth-order valence-corrected chi connectivity index (χ4v) is 6.65. The largest absolute Gasteiger partial charge is 0.378 e. The highest BCUT2D eigenvalue weighted by Gasteiger charge is 2.38. The first-order valence-electron chi connectivity index (χ1n) is 13.9. The summed E-state index contributed by atoms with van der Waals surface area (Å²) in [6, 6.07) is 31.4. The quantitative estimate of drug-likeness (QED) is 0.129. The van der Waals surface area contributed by atoms with Crippen molar-refractivity contribution in [1.82, 2.24) is 5.43 Å². The zero-order chi connectivity index (χ0) is 28.2. The number of hydrogen-bond acceptors (Lipinski definition) is 4. The maximum absolute atomic E-state index is 13.5. The van der Waals surface area contributed by atoms with Gasteiger partial charge in [0, 0.05) is 28.7 Å². The second kappa shape index (κ2) is 12.1. The van der Waals surface area contributed by atoms with Crippen molar-refractivity contribution in [2.75, 3.05) is 5.32 Å². The summed E-state index contributed by atoms with van der Waals surface area (Å²) in [4.78, 5) is 12.8. The molecule has 41 heavy (non-hydrogen) atoms. The molecule has 1 aliphatic carbocycles. The lowest BCUT2D eigenvalue weighted by Gasteiger charge is -2.37. The molecule has 1 heterocycles. The van der Waals surface area contributed by atoms with Crippen LogP contribution in [0.25, 0.3) is 0 Å². The van der Waals surface area contributed by atoms with Gasteiger partial charge in [-0.1, -0.05) is 72.8 Å². The number of carbonyl (C=O) groups is 1. The van der Waals surface area contributed by atoms with Crippen molar-refractivity contribution >= 4 is 29.1 Å². The standard InChI is InChI=1S/C35H32FN3OS/c1-23(38-39-35(40)27-12-10-25(11-13-27)22-41-21-24-6-3-2-4-7-24)28-16-19-33-32(20-28)30-8-5-9-31(30)34(37-33)26-14-17-29(36)18-15-26/h2-8,10-20,30-31,34,37H,9,21-22H2,1H3,(H,39,40)/b38-23-/t30-,31+,34+/m1/s1. The molecule has 0 spiro atoms. The van der Waals surface area contributed by atoms with Gasteiger partial charge in [-0.3, -0.25) is 4.79 Å². The Morgan fingerprint density at radius 2 is 1.63 bits per heavy atom. The number of rotatable bonds is 8. The predicted octanol–water partition coefficient (Wildman–Crippen LogP) is 8.24. The van der Waals surface area contributed by atoms with Gasteiger partial charge in [-0.2, -0.15) is 16.9 Å². The van der Waals surface area contributed by atoms with E-state index in [-0.39, 0.29) is 23.7 Å². The molecule has 4 aromatic rings. The monoisotopic (exact) mass is 561 g/mol. The predicted molar refractivity (Wildman–Crippen MR) is 167 cm³/mol. The Kier molecular flexibility index (Phi) is 8.01. The van der Waals surface area contributed by atoms with Gasteiger partial charge in [0.15, 0.2) is 0 Å². The summed E-state index contributed by atoms with van der Waals surface area (Å²) in [6.07, 6.45) is 5.49. The molecule has 3 atom stereocenters. The molecule has 206 valence electrons. The van der Waals surface area contributed by atoms with E-state index in [1.54, 1.807) is 0 Å². The topological polar surface area (TPSA) is 53.5 Å². The van der Waals surface area contributed by atoms with E-state index in [0.717, 1.165) is 40.5 Å². The number of halogens is 1. The Morgan fingerprint density at radius 3 is 2.39 bits per heavy atom. The molecule has 1 aliphatic heterocycles. The van der Waals surface area contributed by atoms with Crippen LogP contribution in [0.5, 0.6) is 0 Å². The molecule has 6 heteroatoms. The fraction of sp³-hybridized carbons (Fsp3) is 0.200. The summed E-state index contributed by atoms with van der Waals surface area (Å²) >= 11 is 1.86. The number of thioether (sulfide) groups is 1. The van der Waals surface area contributed by atoms with Crippen molar-refractivity contribution in [2.45, 2.75) is 36.8 Å². The number of allylic oxidation sites excluding steroid dienone is 2. The third kappa shape index (κ3) is 6.13. The normalized spacial score (nSPS) is 19.3. The number of benzene rings is 4. The van der Waals surface area contributed by atoms with Crippen LogP contribution in [-0.4, -0.2) is 11.6 Å². The lowest BCUT2D eigenvalue weighted by molar-refractivity contribution is 0.0955. The smallest absolute Gasteiger partial charge is 0.271 e. The Labute approximate surface area is 244 Å². The molecule has 4 aromatic carbocycles. The van der Waals surface area contributed by atoms with Gasteiger partial charge in [0.2, 0.25) is 0 Å². The van der Waals surface area contributed by atoms with Crippen molar-refractivity contribution in [1.29, 1.82) is 0 Å². The summed E-state index contributed by atoms with van der Waals surface area (Å²) in [5, 5.41) is 8.11. The van der Waals surface area contributed by atoms with Gasteiger partial charge in [0.25, 0.3) is 5.91 Å². The van der Waals surface area contributed by atoms with E-state index in [1.165, 1.54) is 28.8 Å². The number of hydrogen-bond donors (Lipinski definition) is 2. The molecule has 0 saturated carbocycles. The average molecular weight is 562 g/mol. The first-order chi connectivity index (χ1) is 20.0. The van der Waals surface area contributed by atoms with E-state index in [0.29, 0.717) is 11.5 Å². The lowest BCUT2D eigenvalue weighted by Crippen LogP contribution is -2.29. The Bertz CT molecular complexity index is 1580. The number of hydrazone groups is 1. The average Bonchev–Trinajstić information content (AvgIpc) is 3.51. The molecule has 0 saturated heterocycles. The summed E-state index contributed by atoms with van der Waals surface area (Å²) in [6.45, 7) is 1.91. The molecule has 0 unspecified atom stereocenters. The van der Waals surface area contributed by atoms with E-state index < -0.39 is 0 Å². The highest BCUT2D eigenvalue weighted by Crippen LogP contribution is 2.50. The van der Waals surface area contributed by atoms with E-state index in [4.69, 9.17) is 0 Å². The van der Waals surface area contributed by atoms with Crippen molar-refractivity contribution < 1.29 is 9.18 Å². The molecule has 0 fully saturated rings. The minimum Gasteiger partial charge on any atom is -0.378 e. The number of nitrogens with zero attached hydrogens (tertiary/aromatic N) is 1. The summed E-state index contributed by atoms with van der Waals surface area (Å²) in [5.41, 5.74) is 10.9. The Hall–Kier alpha value is -4.16. The van der Waals surface area contributed by atoms with Crippen LogP contribution < -0.4 is 10.7 Å². The van der Waals surface area contributed by atoms with E-state index in [1.807, 2.05) is 67.2 Å². The van der Waals surface area contributed by atoms with E-state index in [2.05, 4.69) is 64.4 Å². The molecular formula is C35H32FN3OS. The molecule has 0 aromatic heterocycles. The van der Waals surface area contributed by atoms with Crippen molar-refractivity contribution in [3.05, 3.63) is 148 Å². The van der Waals surface area contributed by atoms with Crippen LogP contribution in [0.4, 0.5) is 10.1 Å². The molecule has 2 aliphatic rings. The van der Waals surface area contributed by atoms with Crippen molar-refractivity contribution in [3.63, 3.8) is 0 Å². The summed E-state index contributed by atoms with van der Waals surface area (Å²) in [7, 11) is 0. The third-order valence-corrected chi connectivity index (χ3v) is 9.01. The van der Waals surface area contributed by atoms with Gasteiger partial charge in [0.05, 0.1) is 11.8 Å². The minimum absolute atomic E-state index is 0.122. The van der Waals surface area contributed by atoms with Crippen molar-refractivity contribution in [2.24, 2.45) is 11.0 Å². The number of anilines is 1. The molecule has 0 bridgehead atoms. The number of amides is 1. The molecule has 4 nitrogen and oxygen atoms in total. The van der Waals surface area contributed by atoms with E-state index in [9.17, 15) is 9.18 Å². The molecule has 2 N–H and O–H groups in total. The van der Waals surface area contributed by atoms with E-state index >= 15 is 0 Å². The summed E-state index contributed by atoms with van der Waals surface area (Å²) in [5.74, 6) is 2.04. The molecule has 1 amide bonds. The van der Waals surface area contributed by atoms with Gasteiger partial charge < -0.3 is 5.32 Å². The Morgan fingerprint density at radius 1 is 0.927 bits per heavy atom. The zero-order valence-electron chi connectivity index (χ0n) is 22.9. The highest BCUT2D eigenvalue weighted by atomic mass is 32.2. The molecular weight excluding hydrogens is 529 g/mol. The zero-order valence-corrected chi connectivity index (χ0v) is 23.7. The second-order valence-electron chi connectivity index (χ2n) is 10.6. The van der Waals surface area contributed by atoms with Crippen LogP contribution in [0.2, 0.25) is 0 Å². The van der Waals surface area contributed by atoms with Crippen LogP contribution in [0.1, 0.15) is 63.5 Å². The van der Waals surface area contributed by atoms with Crippen molar-refractivity contribution in [3.8, 4) is 0 Å². The number of nitrogens with one attached hydrogen (secondary N) is 2. The van der Waals surface area contributed by atoms with Crippen LogP contribution >= 0.6 is 11.8 Å². The van der Waals surface area contributed by atoms with Crippen LogP contribution in [0.15, 0.2) is 114 Å². The Balaban J connectivity index is 1.09. The summed E-state index contributed by atoms with van der Waals surface area (Å²) < 4.78 is 13.5. The van der Waals surface area contributed by atoms with Gasteiger partial charge in [0.1, 0.15) is 5.82 Å². The van der Waals surface area contributed by atoms with Crippen LogP contribution in [0.3, 0.4) is 0 Å². The lowest BCUT2D eigenvalue weighted by atomic mass is 9.76. The number of fused-ring (bicyclic) bond motifs is 3. The van der Waals surface area contributed by atoms with Gasteiger partial charge in [-0.05, 0) is 83.5 Å². The minimum atomic E-state index is -0.228. The highest BCUT2D eigenvalue weighted by molar-refractivity contribution is 7.97. The maximum Gasteiger partial charge on any atom is 0.271 e. The van der Waals surface area contributed by atoms with Crippen LogP contribution in [-0.2, 0) is 11.5 Å². The fourth-order valence-electron chi connectivity index (χ4n) is 5.70. The maximum atomic E-state index is 13.5. The number of carbonyl (C=O) groups excluding carboxylic acids is 1. The third-order valence-electron chi connectivity index (χ3n) is 7.93. The first-order valence-corrected chi connectivity index (χ1v) is 15.1.